The van der Waals surface area contributed by atoms with Crippen LogP contribution in [0, 0.1) is 0 Å². The molecule has 0 saturated carbocycles. The van der Waals surface area contributed by atoms with Gasteiger partial charge < -0.3 is 4.74 Å². The van der Waals surface area contributed by atoms with Crippen molar-refractivity contribution in [1.82, 2.24) is 4.98 Å². The molecule has 0 radical (unpaired) electrons. The van der Waals surface area contributed by atoms with Crippen molar-refractivity contribution < 1.29 is 4.74 Å². The van der Waals surface area contributed by atoms with Gasteiger partial charge in [-0.1, -0.05) is 70.6 Å². The summed E-state index contributed by atoms with van der Waals surface area (Å²) in [5, 5.41) is 0. The molecule has 0 amide bonds. The fourth-order valence-electron chi connectivity index (χ4n) is 3.23. The van der Waals surface area contributed by atoms with E-state index in [-0.39, 0.29) is 0 Å². The Morgan fingerprint density at radius 1 is 0.667 bits per heavy atom. The van der Waals surface area contributed by atoms with Gasteiger partial charge in [-0.3, -0.25) is 4.98 Å². The zero-order chi connectivity index (χ0) is 19.2. The quantitative estimate of drug-likeness (QED) is 0.337. The Labute approximate surface area is 166 Å². The lowest BCUT2D eigenvalue weighted by Gasteiger charge is -2.08. The van der Waals surface area contributed by atoms with Crippen molar-refractivity contribution in [2.24, 2.45) is 0 Å². The predicted molar refractivity (Wildman–Crippen MR) is 116 cm³/mol. The standard InChI is InChI=1S/C25H37NO/c1-3-5-7-8-9-10-20-27-25-18-14-22(15-19-25)12-16-24-17-13-23(21-26-24)11-6-4-2/h13-15,17-19,21H,3-12,16,20H2,1-2H3. The molecule has 1 aromatic carbocycles. The highest BCUT2D eigenvalue weighted by atomic mass is 16.5. The Bertz CT molecular complexity index is 603. The van der Waals surface area contributed by atoms with E-state index >= 15 is 0 Å². The summed E-state index contributed by atoms with van der Waals surface area (Å²) in [6.45, 7) is 5.32. The van der Waals surface area contributed by atoms with Crippen LogP contribution in [-0.2, 0) is 19.3 Å². The Morgan fingerprint density at radius 2 is 1.37 bits per heavy atom. The summed E-state index contributed by atoms with van der Waals surface area (Å²) in [5.41, 5.74) is 3.88. The summed E-state index contributed by atoms with van der Waals surface area (Å²) in [7, 11) is 0. The van der Waals surface area contributed by atoms with Gasteiger partial charge in [0.1, 0.15) is 5.75 Å². The predicted octanol–water partition coefficient (Wildman–Crippen LogP) is 6.95. The molecule has 0 saturated heterocycles. The lowest BCUT2D eigenvalue weighted by atomic mass is 10.1. The molecule has 0 aliphatic rings. The average molecular weight is 368 g/mol. The van der Waals surface area contributed by atoms with E-state index in [1.807, 2.05) is 6.20 Å². The normalized spacial score (nSPS) is 10.9. The third kappa shape index (κ3) is 9.08. The highest BCUT2D eigenvalue weighted by Gasteiger charge is 2.00. The number of ether oxygens (including phenoxy) is 1. The summed E-state index contributed by atoms with van der Waals surface area (Å²) in [5.74, 6) is 0.991. The van der Waals surface area contributed by atoms with Gasteiger partial charge in [-0.25, -0.2) is 0 Å². The maximum absolute atomic E-state index is 5.86. The molecule has 2 rings (SSSR count). The van der Waals surface area contributed by atoms with Gasteiger partial charge in [0.05, 0.1) is 6.61 Å². The first-order valence-electron chi connectivity index (χ1n) is 11.0. The fraction of sp³-hybridized carbons (Fsp3) is 0.560. The van der Waals surface area contributed by atoms with E-state index in [0.717, 1.165) is 38.0 Å². The molecule has 0 bridgehead atoms. The van der Waals surface area contributed by atoms with Crippen molar-refractivity contribution in [2.45, 2.75) is 84.5 Å². The lowest BCUT2D eigenvalue weighted by Crippen LogP contribution is -1.98. The minimum Gasteiger partial charge on any atom is -0.494 e. The van der Waals surface area contributed by atoms with Gasteiger partial charge in [0.25, 0.3) is 0 Å². The first-order chi connectivity index (χ1) is 13.3. The van der Waals surface area contributed by atoms with Crippen LogP contribution in [0.15, 0.2) is 42.6 Å². The topological polar surface area (TPSA) is 22.1 Å². The van der Waals surface area contributed by atoms with Gasteiger partial charge in [0.15, 0.2) is 0 Å². The van der Waals surface area contributed by atoms with Crippen LogP contribution in [0.2, 0.25) is 0 Å². The number of rotatable bonds is 14. The molecule has 0 aliphatic heterocycles. The van der Waals surface area contributed by atoms with E-state index in [1.165, 1.54) is 61.8 Å². The molecule has 1 aromatic heterocycles. The van der Waals surface area contributed by atoms with Crippen LogP contribution in [0.1, 0.15) is 82.0 Å². The van der Waals surface area contributed by atoms with Crippen LogP contribution in [0.25, 0.3) is 0 Å². The van der Waals surface area contributed by atoms with Crippen molar-refractivity contribution in [1.29, 1.82) is 0 Å². The number of unbranched alkanes of at least 4 members (excludes halogenated alkanes) is 6. The number of benzene rings is 1. The smallest absolute Gasteiger partial charge is 0.119 e. The molecule has 2 heteroatoms. The summed E-state index contributed by atoms with van der Waals surface area (Å²) >= 11 is 0. The third-order valence-corrected chi connectivity index (χ3v) is 5.06. The molecule has 0 aliphatic carbocycles. The van der Waals surface area contributed by atoms with Crippen LogP contribution < -0.4 is 4.74 Å². The summed E-state index contributed by atoms with van der Waals surface area (Å²) in [6.07, 6.45) is 15.5. The summed E-state index contributed by atoms with van der Waals surface area (Å²) in [4.78, 5) is 4.62. The highest BCUT2D eigenvalue weighted by molar-refractivity contribution is 5.28. The van der Waals surface area contributed by atoms with E-state index in [0.29, 0.717) is 0 Å². The average Bonchev–Trinajstić information content (AvgIpc) is 2.71. The number of aromatic nitrogens is 1. The number of nitrogens with zero attached hydrogens (tertiary/aromatic N) is 1. The SMILES string of the molecule is CCCCCCCCOc1ccc(CCc2ccc(CCCC)cn2)cc1. The molecule has 2 aromatic rings. The maximum atomic E-state index is 5.86. The molecule has 1 heterocycles. The van der Waals surface area contributed by atoms with Gasteiger partial charge in [0, 0.05) is 11.9 Å². The van der Waals surface area contributed by atoms with Crippen LogP contribution >= 0.6 is 0 Å². The molecule has 0 spiro atoms. The zero-order valence-corrected chi connectivity index (χ0v) is 17.4. The Morgan fingerprint density at radius 3 is 2.07 bits per heavy atom. The second kappa shape index (κ2) is 13.4. The Kier molecular flexibility index (Phi) is 10.6. The molecule has 0 atom stereocenters. The molecule has 0 N–H and O–H groups in total. The number of hydrogen-bond donors (Lipinski definition) is 0. The van der Waals surface area contributed by atoms with E-state index < -0.39 is 0 Å². The minimum atomic E-state index is 0.833. The van der Waals surface area contributed by atoms with Crippen molar-refractivity contribution in [2.75, 3.05) is 6.61 Å². The molecular formula is C25H37NO. The second-order valence-electron chi connectivity index (χ2n) is 7.52. The van der Waals surface area contributed by atoms with Crippen molar-refractivity contribution >= 4 is 0 Å². The van der Waals surface area contributed by atoms with Crippen LogP contribution in [0.4, 0.5) is 0 Å². The second-order valence-corrected chi connectivity index (χ2v) is 7.52. The molecule has 27 heavy (non-hydrogen) atoms. The Balaban J connectivity index is 1.65. The van der Waals surface area contributed by atoms with Crippen LogP contribution in [0.3, 0.4) is 0 Å². The van der Waals surface area contributed by atoms with Crippen LogP contribution in [-0.4, -0.2) is 11.6 Å². The van der Waals surface area contributed by atoms with Gasteiger partial charge in [-0.15, -0.1) is 0 Å². The third-order valence-electron chi connectivity index (χ3n) is 5.06. The summed E-state index contributed by atoms with van der Waals surface area (Å²) < 4.78 is 5.86. The van der Waals surface area contributed by atoms with Crippen molar-refractivity contribution in [3.8, 4) is 5.75 Å². The summed E-state index contributed by atoms with van der Waals surface area (Å²) in [6, 6.07) is 13.0. The molecule has 0 fully saturated rings. The largest absolute Gasteiger partial charge is 0.494 e. The zero-order valence-electron chi connectivity index (χ0n) is 17.4. The monoisotopic (exact) mass is 367 g/mol. The van der Waals surface area contributed by atoms with Crippen molar-refractivity contribution in [3.63, 3.8) is 0 Å². The van der Waals surface area contributed by atoms with Gasteiger partial charge in [-0.05, 0) is 61.4 Å². The van der Waals surface area contributed by atoms with E-state index in [4.69, 9.17) is 4.74 Å². The molecule has 2 nitrogen and oxygen atoms in total. The van der Waals surface area contributed by atoms with E-state index in [9.17, 15) is 0 Å². The number of aryl methyl sites for hydroxylation is 3. The van der Waals surface area contributed by atoms with Crippen molar-refractivity contribution in [3.05, 3.63) is 59.4 Å². The van der Waals surface area contributed by atoms with E-state index in [2.05, 4.69) is 55.2 Å². The van der Waals surface area contributed by atoms with E-state index in [1.54, 1.807) is 0 Å². The first-order valence-corrected chi connectivity index (χ1v) is 11.0. The van der Waals surface area contributed by atoms with Gasteiger partial charge >= 0.3 is 0 Å². The minimum absolute atomic E-state index is 0.833. The van der Waals surface area contributed by atoms with Gasteiger partial charge in [-0.2, -0.15) is 0 Å². The maximum Gasteiger partial charge on any atom is 0.119 e. The van der Waals surface area contributed by atoms with Crippen LogP contribution in [0.5, 0.6) is 5.75 Å². The van der Waals surface area contributed by atoms with Gasteiger partial charge in [0.2, 0.25) is 0 Å². The lowest BCUT2D eigenvalue weighted by molar-refractivity contribution is 0.304. The Hall–Kier alpha value is -1.83. The molecule has 0 unspecified atom stereocenters. The number of hydrogen-bond acceptors (Lipinski definition) is 2. The first kappa shape index (κ1) is 21.5. The highest BCUT2D eigenvalue weighted by Crippen LogP contribution is 2.15. The molecular weight excluding hydrogens is 330 g/mol. The fourth-order valence-corrected chi connectivity index (χ4v) is 3.23. The molecule has 148 valence electrons. The number of pyridine rings is 1.